The highest BCUT2D eigenvalue weighted by atomic mass is 79.9. The van der Waals surface area contributed by atoms with Gasteiger partial charge in [-0.3, -0.25) is 9.59 Å². The zero-order valence-electron chi connectivity index (χ0n) is 10.8. The molecule has 6 heteroatoms. The number of benzene rings is 1. The average molecular weight is 405 g/mol. The van der Waals surface area contributed by atoms with Gasteiger partial charge in [0, 0.05) is 8.95 Å². The molecule has 1 aliphatic rings. The standard InChI is InChI=1S/C14H15Br2NO3/c15-10-5-6-12(11(16)7-10)17-13(18)8-20-14(19)9-3-1-2-4-9/h5-7,9H,1-4,8H2,(H,17,18). The van der Waals surface area contributed by atoms with Crippen LogP contribution in [0.1, 0.15) is 25.7 Å². The first-order valence-corrected chi connectivity index (χ1v) is 8.06. The topological polar surface area (TPSA) is 55.4 Å². The maximum atomic E-state index is 11.7. The van der Waals surface area contributed by atoms with Crippen molar-refractivity contribution in [2.75, 3.05) is 11.9 Å². The fraction of sp³-hybridized carbons (Fsp3) is 0.429. The fourth-order valence-electron chi connectivity index (χ4n) is 2.19. The predicted octanol–water partition coefficient (Wildman–Crippen LogP) is 3.88. The number of amides is 1. The first-order valence-electron chi connectivity index (χ1n) is 6.48. The van der Waals surface area contributed by atoms with E-state index in [4.69, 9.17) is 4.74 Å². The van der Waals surface area contributed by atoms with E-state index in [0.717, 1.165) is 34.6 Å². The quantitative estimate of drug-likeness (QED) is 0.774. The summed E-state index contributed by atoms with van der Waals surface area (Å²) in [5, 5.41) is 2.70. The van der Waals surface area contributed by atoms with Crippen molar-refractivity contribution in [3.63, 3.8) is 0 Å². The Labute approximate surface area is 134 Å². The molecule has 0 atom stereocenters. The highest BCUT2D eigenvalue weighted by Gasteiger charge is 2.24. The SMILES string of the molecule is O=C(COC(=O)C1CCCC1)Nc1ccc(Br)cc1Br. The Morgan fingerprint density at radius 1 is 1.25 bits per heavy atom. The zero-order chi connectivity index (χ0) is 14.5. The van der Waals surface area contributed by atoms with Gasteiger partial charge >= 0.3 is 5.97 Å². The molecule has 4 nitrogen and oxygen atoms in total. The van der Waals surface area contributed by atoms with Crippen LogP contribution in [-0.4, -0.2) is 18.5 Å². The molecule has 0 aromatic heterocycles. The van der Waals surface area contributed by atoms with E-state index < -0.39 is 0 Å². The van der Waals surface area contributed by atoms with Gasteiger partial charge in [-0.15, -0.1) is 0 Å². The van der Waals surface area contributed by atoms with Crippen molar-refractivity contribution in [3.05, 3.63) is 27.1 Å². The fourth-order valence-corrected chi connectivity index (χ4v) is 3.34. The van der Waals surface area contributed by atoms with E-state index in [1.54, 1.807) is 6.07 Å². The van der Waals surface area contributed by atoms with Gasteiger partial charge in [-0.1, -0.05) is 28.8 Å². The minimum Gasteiger partial charge on any atom is -0.455 e. The number of ether oxygens (including phenoxy) is 1. The number of rotatable bonds is 4. The molecule has 1 fully saturated rings. The maximum Gasteiger partial charge on any atom is 0.309 e. The predicted molar refractivity (Wildman–Crippen MR) is 83.4 cm³/mol. The number of esters is 1. The van der Waals surface area contributed by atoms with E-state index in [9.17, 15) is 9.59 Å². The Kier molecular flexibility index (Phi) is 5.60. The number of halogens is 2. The molecule has 0 spiro atoms. The average Bonchev–Trinajstić information content (AvgIpc) is 2.93. The minimum atomic E-state index is -0.334. The Morgan fingerprint density at radius 2 is 1.95 bits per heavy atom. The van der Waals surface area contributed by atoms with Gasteiger partial charge in [0.2, 0.25) is 0 Å². The molecule has 0 radical (unpaired) electrons. The molecule has 1 aliphatic carbocycles. The summed E-state index contributed by atoms with van der Waals surface area (Å²) in [7, 11) is 0. The summed E-state index contributed by atoms with van der Waals surface area (Å²) >= 11 is 6.69. The first-order chi connectivity index (χ1) is 9.56. The first kappa shape index (κ1) is 15.5. The second-order valence-corrected chi connectivity index (χ2v) is 6.53. The number of carbonyl (C=O) groups is 2. The van der Waals surface area contributed by atoms with Crippen molar-refractivity contribution in [1.82, 2.24) is 0 Å². The molecule has 1 aromatic carbocycles. The molecule has 0 unspecified atom stereocenters. The number of anilines is 1. The molecule has 0 heterocycles. The summed E-state index contributed by atoms with van der Waals surface area (Å²) in [5.74, 6) is -0.617. The smallest absolute Gasteiger partial charge is 0.309 e. The van der Waals surface area contributed by atoms with Crippen molar-refractivity contribution >= 4 is 49.4 Å². The molecular formula is C14H15Br2NO3. The molecule has 20 heavy (non-hydrogen) atoms. The van der Waals surface area contributed by atoms with Crippen LogP contribution in [-0.2, 0) is 14.3 Å². The third-order valence-electron chi connectivity index (χ3n) is 3.24. The highest BCUT2D eigenvalue weighted by Crippen LogP contribution is 2.27. The van der Waals surface area contributed by atoms with Crippen molar-refractivity contribution in [1.29, 1.82) is 0 Å². The summed E-state index contributed by atoms with van der Waals surface area (Å²) < 4.78 is 6.73. The van der Waals surface area contributed by atoms with Gasteiger partial charge in [0.05, 0.1) is 11.6 Å². The lowest BCUT2D eigenvalue weighted by atomic mass is 10.1. The molecule has 108 valence electrons. The van der Waals surface area contributed by atoms with Gasteiger partial charge in [0.1, 0.15) is 0 Å². The number of hydrogen-bond acceptors (Lipinski definition) is 3. The molecule has 0 saturated heterocycles. The van der Waals surface area contributed by atoms with Gasteiger partial charge in [-0.05, 0) is 47.0 Å². The van der Waals surface area contributed by atoms with Crippen LogP contribution in [0.15, 0.2) is 27.1 Å². The molecule has 1 saturated carbocycles. The van der Waals surface area contributed by atoms with Gasteiger partial charge in [-0.25, -0.2) is 0 Å². The van der Waals surface area contributed by atoms with Crippen LogP contribution in [0.5, 0.6) is 0 Å². The van der Waals surface area contributed by atoms with Gasteiger partial charge in [0.15, 0.2) is 6.61 Å². The molecule has 1 amide bonds. The van der Waals surface area contributed by atoms with Crippen molar-refractivity contribution in [2.45, 2.75) is 25.7 Å². The Bertz CT molecular complexity index is 513. The van der Waals surface area contributed by atoms with Crippen LogP contribution in [0.25, 0.3) is 0 Å². The summed E-state index contributed by atoms with van der Waals surface area (Å²) in [4.78, 5) is 23.4. The van der Waals surface area contributed by atoms with E-state index in [0.29, 0.717) is 5.69 Å². The van der Waals surface area contributed by atoms with Crippen LogP contribution < -0.4 is 5.32 Å². The minimum absolute atomic E-state index is 0.0257. The van der Waals surface area contributed by atoms with Crippen LogP contribution in [0, 0.1) is 5.92 Å². The lowest BCUT2D eigenvalue weighted by molar-refractivity contribution is -0.151. The van der Waals surface area contributed by atoms with Crippen molar-refractivity contribution < 1.29 is 14.3 Å². The lowest BCUT2D eigenvalue weighted by Gasteiger charge is -2.10. The van der Waals surface area contributed by atoms with E-state index in [2.05, 4.69) is 37.2 Å². The van der Waals surface area contributed by atoms with Crippen LogP contribution in [0.4, 0.5) is 5.69 Å². The summed E-state index contributed by atoms with van der Waals surface area (Å²) in [6.07, 6.45) is 3.88. The summed E-state index contributed by atoms with van der Waals surface area (Å²) in [6.45, 7) is -0.238. The van der Waals surface area contributed by atoms with Gasteiger partial charge in [0.25, 0.3) is 5.91 Å². The monoisotopic (exact) mass is 403 g/mol. The Balaban J connectivity index is 1.81. The second-order valence-electron chi connectivity index (χ2n) is 4.76. The van der Waals surface area contributed by atoms with E-state index >= 15 is 0 Å². The maximum absolute atomic E-state index is 11.7. The normalized spacial score (nSPS) is 15.1. The number of hydrogen-bond donors (Lipinski definition) is 1. The largest absolute Gasteiger partial charge is 0.455 e. The number of nitrogens with one attached hydrogen (secondary N) is 1. The third kappa shape index (κ3) is 4.31. The molecule has 1 N–H and O–H groups in total. The Morgan fingerprint density at radius 3 is 2.60 bits per heavy atom. The van der Waals surface area contributed by atoms with Crippen LogP contribution in [0.3, 0.4) is 0 Å². The van der Waals surface area contributed by atoms with Crippen LogP contribution in [0.2, 0.25) is 0 Å². The lowest BCUT2D eigenvalue weighted by Crippen LogP contribution is -2.23. The van der Waals surface area contributed by atoms with Crippen molar-refractivity contribution in [2.24, 2.45) is 5.92 Å². The molecular weight excluding hydrogens is 390 g/mol. The Hall–Kier alpha value is -0.880. The van der Waals surface area contributed by atoms with E-state index in [-0.39, 0.29) is 24.4 Å². The summed E-state index contributed by atoms with van der Waals surface area (Å²) in [5.41, 5.74) is 0.648. The van der Waals surface area contributed by atoms with E-state index in [1.165, 1.54) is 0 Å². The zero-order valence-corrected chi connectivity index (χ0v) is 14.0. The summed E-state index contributed by atoms with van der Waals surface area (Å²) in [6, 6.07) is 5.43. The number of carbonyl (C=O) groups excluding carboxylic acids is 2. The molecule has 0 bridgehead atoms. The van der Waals surface area contributed by atoms with E-state index in [1.807, 2.05) is 12.1 Å². The van der Waals surface area contributed by atoms with Crippen molar-refractivity contribution in [3.8, 4) is 0 Å². The van der Waals surface area contributed by atoms with Gasteiger partial charge in [-0.2, -0.15) is 0 Å². The third-order valence-corrected chi connectivity index (χ3v) is 4.39. The molecule has 1 aromatic rings. The van der Waals surface area contributed by atoms with Crippen LogP contribution >= 0.6 is 31.9 Å². The molecule has 2 rings (SSSR count). The highest BCUT2D eigenvalue weighted by molar-refractivity contribution is 9.11. The molecule has 0 aliphatic heterocycles. The van der Waals surface area contributed by atoms with Gasteiger partial charge < -0.3 is 10.1 Å². The second kappa shape index (κ2) is 7.22.